The molecule has 5 nitrogen and oxygen atoms in total. The molecule has 0 spiro atoms. The van der Waals surface area contributed by atoms with E-state index < -0.39 is 12.0 Å². The van der Waals surface area contributed by atoms with Crippen LogP contribution >= 0.6 is 11.6 Å². The summed E-state index contributed by atoms with van der Waals surface area (Å²) in [5.74, 6) is -0.847. The van der Waals surface area contributed by atoms with E-state index in [4.69, 9.17) is 16.7 Å². The predicted octanol–water partition coefficient (Wildman–Crippen LogP) is 3.86. The third-order valence-electron chi connectivity index (χ3n) is 4.04. The fourth-order valence-electron chi connectivity index (χ4n) is 2.34. The van der Waals surface area contributed by atoms with Crippen LogP contribution in [0.3, 0.4) is 0 Å². The van der Waals surface area contributed by atoms with Gasteiger partial charge < -0.3 is 5.11 Å². The van der Waals surface area contributed by atoms with E-state index in [0.717, 1.165) is 16.8 Å². The van der Waals surface area contributed by atoms with Gasteiger partial charge in [-0.15, -0.1) is 0 Å². The number of benzene rings is 1. The Kier molecular flexibility index (Phi) is 5.35. The van der Waals surface area contributed by atoms with E-state index in [1.54, 1.807) is 18.9 Å². The number of halogens is 1. The molecule has 1 atom stereocenters. The third kappa shape index (κ3) is 3.97. The second kappa shape index (κ2) is 6.95. The van der Waals surface area contributed by atoms with Gasteiger partial charge in [0.1, 0.15) is 6.04 Å². The van der Waals surface area contributed by atoms with Crippen molar-refractivity contribution in [3.05, 3.63) is 41.0 Å². The summed E-state index contributed by atoms with van der Waals surface area (Å²) in [5.41, 5.74) is 2.42. The van der Waals surface area contributed by atoms with E-state index in [1.165, 1.54) is 0 Å². The Labute approximate surface area is 147 Å². The SMILES string of the molecule is CC(C(=O)O)N(C)Cc1cn(C(C)(C)C)nc1-c1ccccc1Cl. The molecular formula is C18H24ClN3O2. The van der Waals surface area contributed by atoms with Gasteiger partial charge in [0.05, 0.1) is 16.3 Å². The van der Waals surface area contributed by atoms with Crippen molar-refractivity contribution in [2.75, 3.05) is 7.05 Å². The lowest BCUT2D eigenvalue weighted by Gasteiger charge is -2.21. The zero-order chi connectivity index (χ0) is 18.1. The Balaban J connectivity index is 2.48. The minimum atomic E-state index is -0.847. The Morgan fingerprint density at radius 1 is 1.38 bits per heavy atom. The molecule has 1 aromatic carbocycles. The fraction of sp³-hybridized carbons (Fsp3) is 0.444. The van der Waals surface area contributed by atoms with Crippen molar-refractivity contribution in [2.45, 2.75) is 45.8 Å². The molecule has 0 saturated heterocycles. The van der Waals surface area contributed by atoms with Crippen LogP contribution in [0.5, 0.6) is 0 Å². The lowest BCUT2D eigenvalue weighted by Crippen LogP contribution is -2.35. The summed E-state index contributed by atoms with van der Waals surface area (Å²) in [6, 6.07) is 6.99. The first kappa shape index (κ1) is 18.5. The second-order valence-electron chi connectivity index (χ2n) is 7.03. The maximum atomic E-state index is 11.2. The lowest BCUT2D eigenvalue weighted by molar-refractivity contribution is -0.142. The summed E-state index contributed by atoms with van der Waals surface area (Å²) in [7, 11) is 1.80. The van der Waals surface area contributed by atoms with E-state index in [2.05, 4.69) is 20.8 Å². The van der Waals surface area contributed by atoms with Gasteiger partial charge in [-0.1, -0.05) is 29.8 Å². The van der Waals surface area contributed by atoms with Gasteiger partial charge in [-0.25, -0.2) is 0 Å². The number of hydrogen-bond acceptors (Lipinski definition) is 3. The highest BCUT2D eigenvalue weighted by atomic mass is 35.5. The minimum Gasteiger partial charge on any atom is -0.480 e. The zero-order valence-corrected chi connectivity index (χ0v) is 15.5. The van der Waals surface area contributed by atoms with Gasteiger partial charge in [-0.2, -0.15) is 5.10 Å². The number of aromatic nitrogens is 2. The van der Waals surface area contributed by atoms with Crippen molar-refractivity contribution >= 4 is 17.6 Å². The molecule has 1 heterocycles. The van der Waals surface area contributed by atoms with E-state index in [0.29, 0.717) is 11.6 Å². The highest BCUT2D eigenvalue weighted by molar-refractivity contribution is 6.33. The van der Waals surface area contributed by atoms with Gasteiger partial charge in [-0.3, -0.25) is 14.4 Å². The molecule has 0 radical (unpaired) electrons. The van der Waals surface area contributed by atoms with Crippen molar-refractivity contribution < 1.29 is 9.90 Å². The molecule has 0 saturated carbocycles. The number of nitrogens with zero attached hydrogens (tertiary/aromatic N) is 3. The number of likely N-dealkylation sites (N-methyl/N-ethyl adjacent to an activating group) is 1. The van der Waals surface area contributed by atoms with E-state index in [9.17, 15) is 9.90 Å². The molecular weight excluding hydrogens is 326 g/mol. The minimum absolute atomic E-state index is 0.175. The molecule has 0 aliphatic rings. The summed E-state index contributed by atoms with van der Waals surface area (Å²) in [6.45, 7) is 8.37. The molecule has 2 aromatic rings. The molecule has 2 rings (SSSR count). The largest absolute Gasteiger partial charge is 0.480 e. The van der Waals surface area contributed by atoms with E-state index in [1.807, 2.05) is 35.1 Å². The van der Waals surface area contributed by atoms with Gasteiger partial charge in [-0.05, 0) is 40.8 Å². The molecule has 6 heteroatoms. The summed E-state index contributed by atoms with van der Waals surface area (Å²) in [4.78, 5) is 13.0. The average molecular weight is 350 g/mol. The van der Waals surface area contributed by atoms with Crippen LogP contribution in [0, 0.1) is 0 Å². The van der Waals surface area contributed by atoms with Gasteiger partial charge in [0.15, 0.2) is 0 Å². The summed E-state index contributed by atoms with van der Waals surface area (Å²) >= 11 is 6.35. The molecule has 0 amide bonds. The highest BCUT2D eigenvalue weighted by Crippen LogP contribution is 2.31. The Morgan fingerprint density at radius 2 is 2.00 bits per heavy atom. The summed E-state index contributed by atoms with van der Waals surface area (Å²) in [5, 5.41) is 14.6. The first-order valence-electron chi connectivity index (χ1n) is 7.88. The maximum Gasteiger partial charge on any atom is 0.320 e. The Hall–Kier alpha value is -1.85. The van der Waals surface area contributed by atoms with Gasteiger partial charge in [0, 0.05) is 23.9 Å². The van der Waals surface area contributed by atoms with Crippen LogP contribution in [0.2, 0.25) is 5.02 Å². The standard InChI is InChI=1S/C18H24ClN3O2/c1-12(17(23)24)21(5)10-13-11-22(18(2,3)4)20-16(13)14-8-6-7-9-15(14)19/h6-9,11-12H,10H2,1-5H3,(H,23,24). The quantitative estimate of drug-likeness (QED) is 0.890. The van der Waals surface area contributed by atoms with Crippen LogP contribution in [0.1, 0.15) is 33.3 Å². The number of hydrogen-bond donors (Lipinski definition) is 1. The first-order valence-corrected chi connectivity index (χ1v) is 8.26. The van der Waals surface area contributed by atoms with Crippen LogP contribution in [0.25, 0.3) is 11.3 Å². The number of rotatable bonds is 5. The Bertz CT molecular complexity index is 734. The smallest absolute Gasteiger partial charge is 0.320 e. The van der Waals surface area contributed by atoms with Gasteiger partial charge >= 0.3 is 5.97 Å². The second-order valence-corrected chi connectivity index (χ2v) is 7.43. The van der Waals surface area contributed by atoms with Crippen molar-refractivity contribution in [1.82, 2.24) is 14.7 Å². The predicted molar refractivity (Wildman–Crippen MR) is 96.2 cm³/mol. The van der Waals surface area contributed by atoms with E-state index in [-0.39, 0.29) is 5.54 Å². The van der Waals surface area contributed by atoms with Crippen LogP contribution in [0.4, 0.5) is 0 Å². The maximum absolute atomic E-state index is 11.2. The Morgan fingerprint density at radius 3 is 2.54 bits per heavy atom. The molecule has 0 fully saturated rings. The van der Waals surface area contributed by atoms with Crippen LogP contribution < -0.4 is 0 Å². The monoisotopic (exact) mass is 349 g/mol. The summed E-state index contributed by atoms with van der Waals surface area (Å²) in [6.07, 6.45) is 1.98. The molecule has 1 aromatic heterocycles. The number of aliphatic carboxylic acids is 1. The molecule has 1 N–H and O–H groups in total. The van der Waals surface area contributed by atoms with Crippen LogP contribution in [-0.2, 0) is 16.9 Å². The van der Waals surface area contributed by atoms with Gasteiger partial charge in [0.2, 0.25) is 0 Å². The number of carbonyl (C=O) groups is 1. The van der Waals surface area contributed by atoms with Crippen molar-refractivity contribution in [3.63, 3.8) is 0 Å². The average Bonchev–Trinajstić information content (AvgIpc) is 2.90. The molecule has 0 aliphatic heterocycles. The fourth-order valence-corrected chi connectivity index (χ4v) is 2.57. The zero-order valence-electron chi connectivity index (χ0n) is 14.7. The van der Waals surface area contributed by atoms with Crippen molar-refractivity contribution in [1.29, 1.82) is 0 Å². The lowest BCUT2D eigenvalue weighted by atomic mass is 10.1. The molecule has 0 aliphatic carbocycles. The third-order valence-corrected chi connectivity index (χ3v) is 4.37. The number of carboxylic acids is 1. The van der Waals surface area contributed by atoms with E-state index >= 15 is 0 Å². The van der Waals surface area contributed by atoms with Crippen LogP contribution in [-0.4, -0.2) is 38.8 Å². The summed E-state index contributed by atoms with van der Waals surface area (Å²) < 4.78 is 1.90. The van der Waals surface area contributed by atoms with Crippen molar-refractivity contribution in [2.24, 2.45) is 0 Å². The topological polar surface area (TPSA) is 58.4 Å². The molecule has 1 unspecified atom stereocenters. The molecule has 130 valence electrons. The normalized spacial score (nSPS) is 13.3. The van der Waals surface area contributed by atoms with Crippen LogP contribution in [0.15, 0.2) is 30.5 Å². The molecule has 24 heavy (non-hydrogen) atoms. The molecule has 0 bridgehead atoms. The van der Waals surface area contributed by atoms with Crippen molar-refractivity contribution in [3.8, 4) is 11.3 Å². The van der Waals surface area contributed by atoms with Gasteiger partial charge in [0.25, 0.3) is 0 Å². The first-order chi connectivity index (χ1) is 11.1. The number of carboxylic acid groups (broad SMARTS) is 1. The highest BCUT2D eigenvalue weighted by Gasteiger charge is 2.23.